The Kier molecular flexibility index (Phi) is 6.11. The number of nitrogens with two attached hydrogens (primary N) is 1. The molecule has 1 saturated heterocycles. The second kappa shape index (κ2) is 7.61. The van der Waals surface area contributed by atoms with E-state index < -0.39 is 0 Å². The van der Waals surface area contributed by atoms with Gasteiger partial charge in [-0.05, 0) is 44.9 Å². The van der Waals surface area contributed by atoms with Crippen molar-refractivity contribution in [3.8, 4) is 0 Å². The Morgan fingerprint density at radius 3 is 2.53 bits per heavy atom. The van der Waals surface area contributed by atoms with E-state index in [0.717, 1.165) is 25.9 Å². The van der Waals surface area contributed by atoms with Crippen LogP contribution < -0.4 is 5.73 Å². The fourth-order valence-electron chi connectivity index (χ4n) is 3.75. The van der Waals surface area contributed by atoms with Gasteiger partial charge in [0.15, 0.2) is 0 Å². The lowest BCUT2D eigenvalue weighted by molar-refractivity contribution is -0.0460. The summed E-state index contributed by atoms with van der Waals surface area (Å²) in [6, 6.07) is 0.192. The summed E-state index contributed by atoms with van der Waals surface area (Å²) in [6.07, 6.45) is 13.9. The highest BCUT2D eigenvalue weighted by Crippen LogP contribution is 2.34. The van der Waals surface area contributed by atoms with Crippen LogP contribution in [0.25, 0.3) is 0 Å². The molecule has 19 heavy (non-hydrogen) atoms. The zero-order valence-electron chi connectivity index (χ0n) is 12.5. The van der Waals surface area contributed by atoms with Crippen molar-refractivity contribution < 1.29 is 9.47 Å². The average Bonchev–Trinajstić information content (AvgIpc) is 2.82. The SMILES string of the molecule is COC1(C(N)CCCC2CCCO2)CCCCCC1. The Balaban J connectivity index is 1.76. The molecule has 1 aliphatic heterocycles. The van der Waals surface area contributed by atoms with E-state index in [4.69, 9.17) is 15.2 Å². The summed E-state index contributed by atoms with van der Waals surface area (Å²) in [5.74, 6) is 0. The van der Waals surface area contributed by atoms with Crippen LogP contribution in [0.4, 0.5) is 0 Å². The van der Waals surface area contributed by atoms with Gasteiger partial charge in [0, 0.05) is 19.8 Å². The van der Waals surface area contributed by atoms with Gasteiger partial charge >= 0.3 is 0 Å². The van der Waals surface area contributed by atoms with E-state index in [9.17, 15) is 0 Å². The van der Waals surface area contributed by atoms with E-state index in [1.165, 1.54) is 51.4 Å². The summed E-state index contributed by atoms with van der Waals surface area (Å²) in [7, 11) is 1.85. The van der Waals surface area contributed by atoms with Gasteiger partial charge in [0.05, 0.1) is 11.7 Å². The number of methoxy groups -OCH3 is 1. The Hall–Kier alpha value is -0.120. The Morgan fingerprint density at radius 2 is 1.95 bits per heavy atom. The molecule has 1 saturated carbocycles. The highest BCUT2D eigenvalue weighted by atomic mass is 16.5. The van der Waals surface area contributed by atoms with Crippen LogP contribution in [0.5, 0.6) is 0 Å². The van der Waals surface area contributed by atoms with E-state index in [2.05, 4.69) is 0 Å². The van der Waals surface area contributed by atoms with Crippen molar-refractivity contribution in [3.63, 3.8) is 0 Å². The molecule has 1 aliphatic carbocycles. The summed E-state index contributed by atoms with van der Waals surface area (Å²) < 4.78 is 11.6. The maximum atomic E-state index is 6.48. The van der Waals surface area contributed by atoms with Gasteiger partial charge in [0.2, 0.25) is 0 Å². The Bertz CT molecular complexity index is 243. The molecule has 0 bridgehead atoms. The van der Waals surface area contributed by atoms with Crippen molar-refractivity contribution in [2.45, 2.75) is 88.4 Å². The van der Waals surface area contributed by atoms with Gasteiger partial charge in [0.1, 0.15) is 0 Å². The molecule has 3 heteroatoms. The average molecular weight is 269 g/mol. The van der Waals surface area contributed by atoms with Crippen LogP contribution in [0.3, 0.4) is 0 Å². The van der Waals surface area contributed by atoms with Gasteiger partial charge in [-0.15, -0.1) is 0 Å². The molecule has 0 aromatic carbocycles. The largest absolute Gasteiger partial charge is 0.378 e. The molecule has 0 aromatic heterocycles. The smallest absolute Gasteiger partial charge is 0.0828 e. The Morgan fingerprint density at radius 1 is 1.21 bits per heavy atom. The van der Waals surface area contributed by atoms with E-state index in [-0.39, 0.29) is 11.6 Å². The summed E-state index contributed by atoms with van der Waals surface area (Å²) in [5, 5.41) is 0. The third-order valence-electron chi connectivity index (χ3n) is 5.10. The molecule has 2 atom stereocenters. The first-order valence-corrected chi connectivity index (χ1v) is 8.19. The fourth-order valence-corrected chi connectivity index (χ4v) is 3.75. The third-order valence-corrected chi connectivity index (χ3v) is 5.10. The molecule has 2 fully saturated rings. The molecule has 112 valence electrons. The Labute approximate surface area is 118 Å². The van der Waals surface area contributed by atoms with Crippen molar-refractivity contribution in [1.82, 2.24) is 0 Å². The van der Waals surface area contributed by atoms with Gasteiger partial charge in [-0.1, -0.05) is 25.7 Å². The summed E-state index contributed by atoms with van der Waals surface area (Å²) in [5.41, 5.74) is 6.43. The molecule has 2 aliphatic rings. The molecule has 2 N–H and O–H groups in total. The van der Waals surface area contributed by atoms with Gasteiger partial charge in [-0.3, -0.25) is 0 Å². The van der Waals surface area contributed by atoms with E-state index in [0.29, 0.717) is 6.10 Å². The lowest BCUT2D eigenvalue weighted by atomic mass is 9.83. The van der Waals surface area contributed by atoms with Crippen LogP contribution in [0, 0.1) is 0 Å². The standard InChI is InChI=1S/C16H31NO2/c1-18-16(11-4-2-3-5-12-16)15(17)10-6-8-14-9-7-13-19-14/h14-15H,2-13,17H2,1H3. The zero-order chi connectivity index (χ0) is 13.6. The first-order valence-electron chi connectivity index (χ1n) is 8.19. The van der Waals surface area contributed by atoms with Crippen molar-refractivity contribution in [2.75, 3.05) is 13.7 Å². The molecular weight excluding hydrogens is 238 g/mol. The first kappa shape index (κ1) is 15.3. The number of hydrogen-bond acceptors (Lipinski definition) is 3. The van der Waals surface area contributed by atoms with Crippen LogP contribution in [-0.4, -0.2) is 31.5 Å². The monoisotopic (exact) mass is 269 g/mol. The summed E-state index contributed by atoms with van der Waals surface area (Å²) in [6.45, 7) is 0.957. The number of rotatable bonds is 6. The van der Waals surface area contributed by atoms with E-state index >= 15 is 0 Å². The molecule has 2 unspecified atom stereocenters. The van der Waals surface area contributed by atoms with Crippen LogP contribution >= 0.6 is 0 Å². The predicted molar refractivity (Wildman–Crippen MR) is 78.2 cm³/mol. The zero-order valence-corrected chi connectivity index (χ0v) is 12.5. The minimum Gasteiger partial charge on any atom is -0.378 e. The highest BCUT2D eigenvalue weighted by Gasteiger charge is 2.36. The van der Waals surface area contributed by atoms with Crippen LogP contribution in [0.15, 0.2) is 0 Å². The van der Waals surface area contributed by atoms with Gasteiger partial charge in [-0.2, -0.15) is 0 Å². The van der Waals surface area contributed by atoms with Crippen molar-refractivity contribution in [3.05, 3.63) is 0 Å². The summed E-state index contributed by atoms with van der Waals surface area (Å²) >= 11 is 0. The minimum absolute atomic E-state index is 0.0486. The predicted octanol–water partition coefficient (Wildman–Crippen LogP) is 3.40. The number of ether oxygens (including phenoxy) is 2. The molecule has 0 amide bonds. The molecule has 3 nitrogen and oxygen atoms in total. The van der Waals surface area contributed by atoms with Crippen LogP contribution in [-0.2, 0) is 9.47 Å². The molecular formula is C16H31NO2. The lowest BCUT2D eigenvalue weighted by Crippen LogP contribution is -2.49. The first-order chi connectivity index (χ1) is 9.27. The van der Waals surface area contributed by atoms with Gasteiger partial charge < -0.3 is 15.2 Å². The maximum Gasteiger partial charge on any atom is 0.0828 e. The maximum absolute atomic E-state index is 6.48. The van der Waals surface area contributed by atoms with Crippen molar-refractivity contribution in [2.24, 2.45) is 5.73 Å². The highest BCUT2D eigenvalue weighted by molar-refractivity contribution is 4.92. The van der Waals surface area contributed by atoms with Crippen LogP contribution in [0.1, 0.15) is 70.6 Å². The van der Waals surface area contributed by atoms with Crippen LogP contribution in [0.2, 0.25) is 0 Å². The normalized spacial score (nSPS) is 29.1. The second-order valence-electron chi connectivity index (χ2n) is 6.36. The molecule has 0 spiro atoms. The van der Waals surface area contributed by atoms with Crippen molar-refractivity contribution >= 4 is 0 Å². The van der Waals surface area contributed by atoms with Gasteiger partial charge in [0.25, 0.3) is 0 Å². The van der Waals surface area contributed by atoms with E-state index in [1.807, 2.05) is 7.11 Å². The third kappa shape index (κ3) is 4.17. The summed E-state index contributed by atoms with van der Waals surface area (Å²) in [4.78, 5) is 0. The molecule has 2 rings (SSSR count). The molecule has 0 radical (unpaired) electrons. The van der Waals surface area contributed by atoms with Crippen molar-refractivity contribution in [1.29, 1.82) is 0 Å². The second-order valence-corrected chi connectivity index (χ2v) is 6.36. The molecule has 1 heterocycles. The topological polar surface area (TPSA) is 44.5 Å². The van der Waals surface area contributed by atoms with E-state index in [1.54, 1.807) is 0 Å². The lowest BCUT2D eigenvalue weighted by Gasteiger charge is -2.37. The fraction of sp³-hybridized carbons (Fsp3) is 1.00. The molecule has 0 aromatic rings. The minimum atomic E-state index is -0.0486. The number of hydrogen-bond donors (Lipinski definition) is 1. The van der Waals surface area contributed by atoms with Gasteiger partial charge in [-0.25, -0.2) is 0 Å². The quantitative estimate of drug-likeness (QED) is 0.752.